The molecule has 1 fully saturated rings. The van der Waals surface area contributed by atoms with Gasteiger partial charge in [0.05, 0.1) is 0 Å². The standard InChI is InChI=1S/C18H29NS/c1-6-11-19-17-16(9-10-18(17,4)5)20-15-8-7-13(2)12-14(15)3/h7-8,12,16-17,19H,6,9-11H2,1-5H3. The fourth-order valence-electron chi connectivity index (χ4n) is 3.27. The Morgan fingerprint density at radius 3 is 2.70 bits per heavy atom. The minimum atomic E-state index is 0.422. The zero-order valence-corrected chi connectivity index (χ0v) is 14.4. The maximum Gasteiger partial charge on any atom is 0.0253 e. The fraction of sp³-hybridized carbons (Fsp3) is 0.667. The zero-order valence-electron chi connectivity index (χ0n) is 13.6. The van der Waals surface area contributed by atoms with Gasteiger partial charge in [0.15, 0.2) is 0 Å². The summed E-state index contributed by atoms with van der Waals surface area (Å²) in [6, 6.07) is 7.48. The van der Waals surface area contributed by atoms with Gasteiger partial charge in [-0.1, -0.05) is 38.5 Å². The van der Waals surface area contributed by atoms with Gasteiger partial charge in [-0.05, 0) is 56.7 Å². The van der Waals surface area contributed by atoms with Gasteiger partial charge in [0.2, 0.25) is 0 Å². The van der Waals surface area contributed by atoms with Crippen molar-refractivity contribution < 1.29 is 0 Å². The Hall–Kier alpha value is -0.470. The van der Waals surface area contributed by atoms with Crippen LogP contribution >= 0.6 is 11.8 Å². The minimum Gasteiger partial charge on any atom is -0.312 e. The molecule has 1 aromatic carbocycles. The van der Waals surface area contributed by atoms with Crippen molar-refractivity contribution in [2.24, 2.45) is 5.41 Å². The van der Waals surface area contributed by atoms with Crippen LogP contribution in [-0.4, -0.2) is 17.8 Å². The normalized spacial score (nSPS) is 25.1. The van der Waals surface area contributed by atoms with E-state index >= 15 is 0 Å². The average Bonchev–Trinajstić information content (AvgIpc) is 2.65. The van der Waals surface area contributed by atoms with Gasteiger partial charge in [0, 0.05) is 16.2 Å². The molecule has 0 bridgehead atoms. The van der Waals surface area contributed by atoms with E-state index in [2.05, 4.69) is 69.9 Å². The van der Waals surface area contributed by atoms with E-state index in [9.17, 15) is 0 Å². The summed E-state index contributed by atoms with van der Waals surface area (Å²) in [5.74, 6) is 0. The predicted octanol–water partition coefficient (Wildman–Crippen LogP) is 4.95. The van der Waals surface area contributed by atoms with Crippen LogP contribution in [0, 0.1) is 19.3 Å². The Kier molecular flexibility index (Phi) is 5.19. The monoisotopic (exact) mass is 291 g/mol. The Labute approximate surface area is 128 Å². The van der Waals surface area contributed by atoms with Crippen molar-refractivity contribution >= 4 is 11.8 Å². The number of benzene rings is 1. The van der Waals surface area contributed by atoms with Crippen molar-refractivity contribution in [1.82, 2.24) is 5.32 Å². The highest BCUT2D eigenvalue weighted by Crippen LogP contribution is 2.45. The molecule has 1 N–H and O–H groups in total. The van der Waals surface area contributed by atoms with E-state index in [0.29, 0.717) is 16.7 Å². The number of hydrogen-bond acceptors (Lipinski definition) is 2. The molecular weight excluding hydrogens is 262 g/mol. The Morgan fingerprint density at radius 2 is 2.05 bits per heavy atom. The van der Waals surface area contributed by atoms with Crippen molar-refractivity contribution in [2.45, 2.75) is 70.1 Å². The maximum absolute atomic E-state index is 3.80. The second-order valence-electron chi connectivity index (χ2n) is 6.88. The third-order valence-corrected chi connectivity index (χ3v) is 6.03. The first kappa shape index (κ1) is 15.9. The van der Waals surface area contributed by atoms with E-state index in [1.807, 2.05) is 0 Å². The second-order valence-corrected chi connectivity index (χ2v) is 8.17. The van der Waals surface area contributed by atoms with Crippen LogP contribution in [0.3, 0.4) is 0 Å². The Morgan fingerprint density at radius 1 is 1.30 bits per heavy atom. The highest BCUT2D eigenvalue weighted by molar-refractivity contribution is 8.00. The summed E-state index contributed by atoms with van der Waals surface area (Å²) in [6.45, 7) is 12.6. The largest absolute Gasteiger partial charge is 0.312 e. The number of hydrogen-bond donors (Lipinski definition) is 1. The Bertz CT molecular complexity index is 453. The predicted molar refractivity (Wildman–Crippen MR) is 90.7 cm³/mol. The van der Waals surface area contributed by atoms with Crippen LogP contribution < -0.4 is 5.32 Å². The highest BCUT2D eigenvalue weighted by atomic mass is 32.2. The summed E-state index contributed by atoms with van der Waals surface area (Å²) in [7, 11) is 0. The molecule has 2 heteroatoms. The van der Waals surface area contributed by atoms with Crippen molar-refractivity contribution in [1.29, 1.82) is 0 Å². The summed E-state index contributed by atoms with van der Waals surface area (Å²) in [5, 5.41) is 4.51. The van der Waals surface area contributed by atoms with Crippen LogP contribution in [0.25, 0.3) is 0 Å². The van der Waals surface area contributed by atoms with Crippen LogP contribution in [0.4, 0.5) is 0 Å². The third kappa shape index (κ3) is 3.59. The SMILES string of the molecule is CCCNC1C(Sc2ccc(C)cc2C)CCC1(C)C. The van der Waals surface area contributed by atoms with Gasteiger partial charge in [-0.2, -0.15) is 0 Å². The summed E-state index contributed by atoms with van der Waals surface area (Å²) in [5.41, 5.74) is 3.21. The smallest absolute Gasteiger partial charge is 0.0253 e. The van der Waals surface area contributed by atoms with Crippen LogP contribution in [0.2, 0.25) is 0 Å². The van der Waals surface area contributed by atoms with Gasteiger partial charge in [-0.25, -0.2) is 0 Å². The molecule has 0 saturated heterocycles. The van der Waals surface area contributed by atoms with E-state index in [-0.39, 0.29) is 0 Å². The lowest BCUT2D eigenvalue weighted by molar-refractivity contribution is 0.287. The lowest BCUT2D eigenvalue weighted by atomic mass is 9.87. The van der Waals surface area contributed by atoms with Gasteiger partial charge in [0.25, 0.3) is 0 Å². The van der Waals surface area contributed by atoms with Gasteiger partial charge < -0.3 is 5.32 Å². The molecule has 0 aliphatic heterocycles. The quantitative estimate of drug-likeness (QED) is 0.823. The molecule has 2 atom stereocenters. The summed E-state index contributed by atoms with van der Waals surface area (Å²) in [4.78, 5) is 1.46. The number of thioether (sulfide) groups is 1. The zero-order chi connectivity index (χ0) is 14.8. The van der Waals surface area contributed by atoms with Gasteiger partial charge in [0.1, 0.15) is 0 Å². The molecule has 1 aromatic rings. The molecule has 2 unspecified atom stereocenters. The van der Waals surface area contributed by atoms with E-state index in [1.54, 1.807) is 0 Å². The van der Waals surface area contributed by atoms with Crippen LogP contribution in [0.15, 0.2) is 23.1 Å². The maximum atomic E-state index is 3.80. The molecule has 0 radical (unpaired) electrons. The Balaban J connectivity index is 2.11. The van der Waals surface area contributed by atoms with Crippen molar-refractivity contribution in [2.75, 3.05) is 6.54 Å². The number of nitrogens with one attached hydrogen (secondary N) is 1. The van der Waals surface area contributed by atoms with E-state index < -0.39 is 0 Å². The first-order chi connectivity index (χ1) is 9.44. The van der Waals surface area contributed by atoms with Crippen LogP contribution in [0.1, 0.15) is 51.2 Å². The van der Waals surface area contributed by atoms with Crippen molar-refractivity contribution in [3.8, 4) is 0 Å². The van der Waals surface area contributed by atoms with E-state index in [4.69, 9.17) is 0 Å². The molecule has 0 heterocycles. The van der Waals surface area contributed by atoms with Crippen molar-refractivity contribution in [3.63, 3.8) is 0 Å². The van der Waals surface area contributed by atoms with Gasteiger partial charge in [-0.15, -0.1) is 11.8 Å². The summed E-state index contributed by atoms with van der Waals surface area (Å²) >= 11 is 2.08. The fourth-order valence-corrected chi connectivity index (χ4v) is 4.82. The number of rotatable bonds is 5. The highest BCUT2D eigenvalue weighted by Gasteiger charge is 2.41. The topological polar surface area (TPSA) is 12.0 Å². The third-order valence-electron chi connectivity index (χ3n) is 4.51. The molecule has 0 aromatic heterocycles. The van der Waals surface area contributed by atoms with Crippen LogP contribution in [0.5, 0.6) is 0 Å². The molecular formula is C18H29NS. The van der Waals surface area contributed by atoms with E-state index in [0.717, 1.165) is 6.54 Å². The summed E-state index contributed by atoms with van der Waals surface area (Å²) in [6.07, 6.45) is 3.87. The second kappa shape index (κ2) is 6.53. The molecule has 2 rings (SSSR count). The van der Waals surface area contributed by atoms with Gasteiger partial charge in [-0.3, -0.25) is 0 Å². The molecule has 1 saturated carbocycles. The first-order valence-electron chi connectivity index (χ1n) is 7.91. The molecule has 1 aliphatic carbocycles. The first-order valence-corrected chi connectivity index (χ1v) is 8.79. The van der Waals surface area contributed by atoms with Gasteiger partial charge >= 0.3 is 0 Å². The molecule has 0 amide bonds. The lowest BCUT2D eigenvalue weighted by Crippen LogP contribution is -2.43. The van der Waals surface area contributed by atoms with Crippen LogP contribution in [-0.2, 0) is 0 Å². The lowest BCUT2D eigenvalue weighted by Gasteiger charge is -2.31. The molecule has 0 spiro atoms. The molecule has 20 heavy (non-hydrogen) atoms. The summed E-state index contributed by atoms with van der Waals surface area (Å²) < 4.78 is 0. The van der Waals surface area contributed by atoms with E-state index in [1.165, 1.54) is 35.3 Å². The minimum absolute atomic E-state index is 0.422. The average molecular weight is 292 g/mol. The number of aryl methyl sites for hydroxylation is 2. The molecule has 1 aliphatic rings. The molecule has 112 valence electrons. The van der Waals surface area contributed by atoms with Crippen molar-refractivity contribution in [3.05, 3.63) is 29.3 Å². The molecule has 1 nitrogen and oxygen atoms in total.